The summed E-state index contributed by atoms with van der Waals surface area (Å²) in [7, 11) is 0. The van der Waals surface area contributed by atoms with E-state index in [4.69, 9.17) is 5.73 Å². The van der Waals surface area contributed by atoms with Gasteiger partial charge in [-0.3, -0.25) is 4.79 Å². The molecule has 0 aliphatic rings. The van der Waals surface area contributed by atoms with E-state index in [1.165, 1.54) is 0 Å². The predicted molar refractivity (Wildman–Crippen MR) is 59.9 cm³/mol. The minimum atomic E-state index is 0.111. The van der Waals surface area contributed by atoms with E-state index in [1.54, 1.807) is 0 Å². The molecule has 0 aromatic carbocycles. The van der Waals surface area contributed by atoms with Crippen LogP contribution in [0.25, 0.3) is 0 Å². The van der Waals surface area contributed by atoms with Gasteiger partial charge in [-0.1, -0.05) is 20.8 Å². The van der Waals surface area contributed by atoms with Crippen LogP contribution < -0.4 is 11.1 Å². The molecule has 2 unspecified atom stereocenters. The zero-order chi connectivity index (χ0) is 11.1. The second-order valence-electron chi connectivity index (χ2n) is 4.34. The number of carbonyl (C=O) groups excluding carboxylic acids is 1. The Morgan fingerprint density at radius 3 is 2.29 bits per heavy atom. The molecule has 0 heterocycles. The molecule has 0 saturated carbocycles. The third-order valence-corrected chi connectivity index (χ3v) is 2.42. The quantitative estimate of drug-likeness (QED) is 0.685. The van der Waals surface area contributed by atoms with E-state index in [9.17, 15) is 4.79 Å². The van der Waals surface area contributed by atoms with Crippen molar-refractivity contribution in [3.8, 4) is 0 Å². The van der Waals surface area contributed by atoms with Gasteiger partial charge in [0.05, 0.1) is 0 Å². The second kappa shape index (κ2) is 6.82. The van der Waals surface area contributed by atoms with Crippen LogP contribution in [0.2, 0.25) is 0 Å². The van der Waals surface area contributed by atoms with Gasteiger partial charge in [0.2, 0.25) is 5.91 Å². The van der Waals surface area contributed by atoms with Crippen molar-refractivity contribution in [2.75, 3.05) is 0 Å². The van der Waals surface area contributed by atoms with Gasteiger partial charge >= 0.3 is 0 Å². The highest BCUT2D eigenvalue weighted by molar-refractivity contribution is 5.76. The molecule has 0 saturated heterocycles. The Kier molecular flexibility index (Phi) is 6.54. The molecule has 3 N–H and O–H groups in total. The highest BCUT2D eigenvalue weighted by Crippen LogP contribution is 2.06. The zero-order valence-electron chi connectivity index (χ0n) is 9.84. The van der Waals surface area contributed by atoms with E-state index in [1.807, 2.05) is 6.92 Å². The highest BCUT2D eigenvalue weighted by Gasteiger charge is 2.13. The standard InChI is InChI=1S/C11H24N2O/c1-5-10(8(2)3)13-11(14)7-6-9(4)12/h8-10H,5-7,12H2,1-4H3,(H,13,14). The van der Waals surface area contributed by atoms with E-state index in [-0.39, 0.29) is 11.9 Å². The number of amides is 1. The second-order valence-corrected chi connectivity index (χ2v) is 4.34. The fraction of sp³-hybridized carbons (Fsp3) is 0.909. The number of nitrogens with one attached hydrogen (secondary N) is 1. The summed E-state index contributed by atoms with van der Waals surface area (Å²) in [6, 6.07) is 0.412. The van der Waals surface area contributed by atoms with E-state index < -0.39 is 0 Å². The van der Waals surface area contributed by atoms with Gasteiger partial charge in [-0.25, -0.2) is 0 Å². The first kappa shape index (κ1) is 13.4. The third kappa shape index (κ3) is 5.97. The minimum absolute atomic E-state index is 0.111. The van der Waals surface area contributed by atoms with Crippen molar-refractivity contribution in [2.45, 2.75) is 59.0 Å². The number of carbonyl (C=O) groups is 1. The Morgan fingerprint density at radius 1 is 1.36 bits per heavy atom. The van der Waals surface area contributed by atoms with E-state index in [0.717, 1.165) is 12.8 Å². The summed E-state index contributed by atoms with van der Waals surface area (Å²) < 4.78 is 0. The van der Waals surface area contributed by atoms with Gasteiger partial charge < -0.3 is 11.1 Å². The van der Waals surface area contributed by atoms with Crippen molar-refractivity contribution in [1.29, 1.82) is 0 Å². The lowest BCUT2D eigenvalue weighted by molar-refractivity contribution is -0.122. The van der Waals surface area contributed by atoms with Crippen LogP contribution in [0.15, 0.2) is 0 Å². The monoisotopic (exact) mass is 200 g/mol. The summed E-state index contributed by atoms with van der Waals surface area (Å²) in [4.78, 5) is 11.5. The largest absolute Gasteiger partial charge is 0.353 e. The van der Waals surface area contributed by atoms with Crippen LogP contribution >= 0.6 is 0 Å². The lowest BCUT2D eigenvalue weighted by atomic mass is 10.0. The van der Waals surface area contributed by atoms with Gasteiger partial charge in [0.15, 0.2) is 0 Å². The molecule has 0 aromatic heterocycles. The molecule has 0 radical (unpaired) electrons. The van der Waals surface area contributed by atoms with Gasteiger partial charge in [-0.2, -0.15) is 0 Å². The van der Waals surface area contributed by atoms with Crippen LogP contribution in [-0.2, 0) is 4.79 Å². The SMILES string of the molecule is CCC(NC(=O)CCC(C)N)C(C)C. The number of rotatable bonds is 6. The first-order chi connectivity index (χ1) is 6.47. The van der Waals surface area contributed by atoms with Crippen LogP contribution in [0.1, 0.15) is 47.0 Å². The van der Waals surface area contributed by atoms with Gasteiger partial charge in [0, 0.05) is 18.5 Å². The Morgan fingerprint density at radius 2 is 1.93 bits per heavy atom. The molecule has 0 aromatic rings. The maximum Gasteiger partial charge on any atom is 0.220 e. The Balaban J connectivity index is 3.79. The van der Waals surface area contributed by atoms with E-state index in [0.29, 0.717) is 18.4 Å². The molecule has 0 aliphatic heterocycles. The van der Waals surface area contributed by atoms with Crippen LogP contribution in [0.4, 0.5) is 0 Å². The summed E-state index contributed by atoms with van der Waals surface area (Å²) in [5.74, 6) is 0.627. The Hall–Kier alpha value is -0.570. The molecule has 0 bridgehead atoms. The Labute approximate surface area is 87.4 Å². The normalized spacial score (nSPS) is 15.3. The maximum absolute atomic E-state index is 11.5. The summed E-state index contributed by atoms with van der Waals surface area (Å²) in [6.45, 7) is 8.27. The van der Waals surface area contributed by atoms with Gasteiger partial charge in [-0.15, -0.1) is 0 Å². The van der Waals surface area contributed by atoms with Gasteiger partial charge in [-0.05, 0) is 25.7 Å². The first-order valence-electron chi connectivity index (χ1n) is 5.52. The molecule has 14 heavy (non-hydrogen) atoms. The molecule has 84 valence electrons. The molecule has 3 heteroatoms. The average Bonchev–Trinajstić information content (AvgIpc) is 2.10. The van der Waals surface area contributed by atoms with Crippen LogP contribution in [0.5, 0.6) is 0 Å². The fourth-order valence-electron chi connectivity index (χ4n) is 1.38. The molecule has 2 atom stereocenters. The number of nitrogens with two attached hydrogens (primary N) is 1. The van der Waals surface area contributed by atoms with Crippen molar-refractivity contribution >= 4 is 5.91 Å². The summed E-state index contributed by atoms with van der Waals surface area (Å²) in [5.41, 5.74) is 5.58. The summed E-state index contributed by atoms with van der Waals surface area (Å²) in [6.07, 6.45) is 2.29. The van der Waals surface area contributed by atoms with Crippen molar-refractivity contribution < 1.29 is 4.79 Å². The van der Waals surface area contributed by atoms with Crippen LogP contribution in [0, 0.1) is 5.92 Å². The topological polar surface area (TPSA) is 55.1 Å². The first-order valence-corrected chi connectivity index (χ1v) is 5.52. The molecule has 3 nitrogen and oxygen atoms in total. The van der Waals surface area contributed by atoms with E-state index in [2.05, 4.69) is 26.1 Å². The molecule has 0 spiro atoms. The fourth-order valence-corrected chi connectivity index (χ4v) is 1.38. The van der Waals surface area contributed by atoms with Crippen LogP contribution in [0.3, 0.4) is 0 Å². The number of hydrogen-bond donors (Lipinski definition) is 2. The molecule has 0 fully saturated rings. The highest BCUT2D eigenvalue weighted by atomic mass is 16.1. The van der Waals surface area contributed by atoms with Gasteiger partial charge in [0.1, 0.15) is 0 Å². The molecular formula is C11H24N2O. The lowest BCUT2D eigenvalue weighted by Crippen LogP contribution is -2.38. The number of hydrogen-bond acceptors (Lipinski definition) is 2. The molecular weight excluding hydrogens is 176 g/mol. The van der Waals surface area contributed by atoms with Crippen molar-refractivity contribution in [3.05, 3.63) is 0 Å². The van der Waals surface area contributed by atoms with E-state index >= 15 is 0 Å². The van der Waals surface area contributed by atoms with Crippen LogP contribution in [-0.4, -0.2) is 18.0 Å². The Bertz CT molecular complexity index is 167. The van der Waals surface area contributed by atoms with Gasteiger partial charge in [0.25, 0.3) is 0 Å². The molecule has 1 amide bonds. The summed E-state index contributed by atoms with van der Waals surface area (Å²) in [5, 5.41) is 3.03. The maximum atomic E-state index is 11.5. The lowest BCUT2D eigenvalue weighted by Gasteiger charge is -2.20. The third-order valence-electron chi connectivity index (χ3n) is 2.42. The predicted octanol–water partition coefficient (Wildman–Crippen LogP) is 1.66. The zero-order valence-corrected chi connectivity index (χ0v) is 9.84. The minimum Gasteiger partial charge on any atom is -0.353 e. The summed E-state index contributed by atoms with van der Waals surface area (Å²) >= 11 is 0. The smallest absolute Gasteiger partial charge is 0.220 e. The molecule has 0 rings (SSSR count). The van der Waals surface area contributed by atoms with Crippen molar-refractivity contribution in [1.82, 2.24) is 5.32 Å². The molecule has 0 aliphatic carbocycles. The van der Waals surface area contributed by atoms with Crippen molar-refractivity contribution in [2.24, 2.45) is 11.7 Å². The van der Waals surface area contributed by atoms with Crippen molar-refractivity contribution in [3.63, 3.8) is 0 Å². The average molecular weight is 200 g/mol.